The molecule has 0 aliphatic heterocycles. The van der Waals surface area contributed by atoms with E-state index in [0.29, 0.717) is 6.42 Å². The second-order valence-corrected chi connectivity index (χ2v) is 5.56. The van der Waals surface area contributed by atoms with Crippen LogP contribution in [0.4, 0.5) is 4.79 Å². The van der Waals surface area contributed by atoms with E-state index >= 15 is 0 Å². The van der Waals surface area contributed by atoms with Crippen LogP contribution in [-0.2, 0) is 9.53 Å². The molecule has 2 amide bonds. The van der Waals surface area contributed by atoms with Crippen molar-refractivity contribution in [2.75, 3.05) is 0 Å². The fraction of sp³-hybridized carbons (Fsp3) is 0.571. The van der Waals surface area contributed by atoms with Crippen molar-refractivity contribution in [2.45, 2.75) is 51.7 Å². The lowest BCUT2D eigenvalue weighted by molar-refractivity contribution is -0.120. The number of carbonyl (C=O) groups excluding carboxylic acids is 2. The van der Waals surface area contributed by atoms with Gasteiger partial charge in [-0.2, -0.15) is 0 Å². The average Bonchev–Trinajstić information content (AvgIpc) is 2.26. The zero-order chi connectivity index (χ0) is 14.5. The third-order valence-electron chi connectivity index (χ3n) is 2.55. The molecule has 0 unspecified atom stereocenters. The van der Waals surface area contributed by atoms with Gasteiger partial charge in [0.25, 0.3) is 0 Å². The Bertz CT molecular complexity index is 405. The highest BCUT2D eigenvalue weighted by Crippen LogP contribution is 2.15. The fourth-order valence-electron chi connectivity index (χ4n) is 1.73. The van der Waals surface area contributed by atoms with Crippen LogP contribution < -0.4 is 11.1 Å². The summed E-state index contributed by atoms with van der Waals surface area (Å²) in [7, 11) is 0. The molecule has 0 fully saturated rings. The van der Waals surface area contributed by atoms with E-state index in [0.717, 1.165) is 18.4 Å². The number of amides is 2. The Morgan fingerprint density at radius 2 is 2.11 bits per heavy atom. The quantitative estimate of drug-likeness (QED) is 0.817. The van der Waals surface area contributed by atoms with E-state index in [1.807, 2.05) is 18.2 Å². The Labute approximate surface area is 113 Å². The Balaban J connectivity index is 2.58. The molecule has 19 heavy (non-hydrogen) atoms. The summed E-state index contributed by atoms with van der Waals surface area (Å²) in [6, 6.07) is -0.746. The lowest BCUT2D eigenvalue weighted by Gasteiger charge is -2.22. The lowest BCUT2D eigenvalue weighted by Crippen LogP contribution is -2.46. The zero-order valence-corrected chi connectivity index (χ0v) is 11.7. The average molecular weight is 266 g/mol. The van der Waals surface area contributed by atoms with Crippen molar-refractivity contribution in [2.24, 2.45) is 5.73 Å². The Morgan fingerprint density at radius 1 is 1.42 bits per heavy atom. The first kappa shape index (κ1) is 15.3. The molecule has 5 nitrogen and oxygen atoms in total. The van der Waals surface area contributed by atoms with Crippen molar-refractivity contribution in [1.29, 1.82) is 0 Å². The summed E-state index contributed by atoms with van der Waals surface area (Å²) in [6.45, 7) is 5.29. The molecule has 0 heterocycles. The van der Waals surface area contributed by atoms with Gasteiger partial charge >= 0.3 is 6.09 Å². The molecule has 5 heteroatoms. The van der Waals surface area contributed by atoms with Gasteiger partial charge in [-0.1, -0.05) is 18.2 Å². The highest BCUT2D eigenvalue weighted by Gasteiger charge is 2.23. The maximum atomic E-state index is 11.6. The van der Waals surface area contributed by atoms with Crippen LogP contribution in [0.3, 0.4) is 0 Å². The van der Waals surface area contributed by atoms with Crippen molar-refractivity contribution in [3.8, 4) is 0 Å². The number of rotatable bonds is 4. The molecule has 1 rings (SSSR count). The van der Waals surface area contributed by atoms with Crippen molar-refractivity contribution in [3.05, 3.63) is 23.8 Å². The van der Waals surface area contributed by atoms with Crippen LogP contribution in [0.5, 0.6) is 0 Å². The molecule has 0 bridgehead atoms. The van der Waals surface area contributed by atoms with Gasteiger partial charge in [-0.15, -0.1) is 0 Å². The van der Waals surface area contributed by atoms with Crippen molar-refractivity contribution in [3.63, 3.8) is 0 Å². The standard InChI is InChI=1S/C14H22N2O3/c1-14(2,3)19-13(18)16-11(12(15)17)9-10-7-5-4-6-8-10/h5,7-8,11H,4,6,9H2,1-3H3,(H2,15,17)(H,16,18)/t11-/m0/s1. The smallest absolute Gasteiger partial charge is 0.408 e. The first-order valence-corrected chi connectivity index (χ1v) is 6.42. The van der Waals surface area contributed by atoms with Crippen molar-refractivity contribution in [1.82, 2.24) is 5.32 Å². The summed E-state index contributed by atoms with van der Waals surface area (Å²) in [6.07, 6.45) is 7.76. The molecule has 0 aromatic rings. The molecule has 0 radical (unpaired) electrons. The van der Waals surface area contributed by atoms with Crippen LogP contribution >= 0.6 is 0 Å². The Hall–Kier alpha value is -1.78. The largest absolute Gasteiger partial charge is 0.444 e. The first-order valence-electron chi connectivity index (χ1n) is 6.42. The normalized spacial score (nSPS) is 16.5. The second-order valence-electron chi connectivity index (χ2n) is 5.56. The molecule has 0 saturated heterocycles. The molecule has 3 N–H and O–H groups in total. The maximum absolute atomic E-state index is 11.6. The molecular weight excluding hydrogens is 244 g/mol. The SMILES string of the molecule is CC(C)(C)OC(=O)N[C@@H](CC1=CCCC=C1)C(N)=O. The predicted octanol–water partition coefficient (Wildman–Crippen LogP) is 2.03. The van der Waals surface area contributed by atoms with Gasteiger partial charge < -0.3 is 15.8 Å². The van der Waals surface area contributed by atoms with E-state index < -0.39 is 23.6 Å². The van der Waals surface area contributed by atoms with Gasteiger partial charge in [0.1, 0.15) is 11.6 Å². The van der Waals surface area contributed by atoms with Crippen LogP contribution in [0.15, 0.2) is 23.8 Å². The van der Waals surface area contributed by atoms with Gasteiger partial charge in [0, 0.05) is 6.42 Å². The van der Waals surface area contributed by atoms with Crippen molar-refractivity contribution < 1.29 is 14.3 Å². The molecule has 0 saturated carbocycles. The minimum atomic E-state index is -0.746. The number of nitrogens with two attached hydrogens (primary N) is 1. The van der Waals surface area contributed by atoms with Gasteiger partial charge in [0.15, 0.2) is 0 Å². The summed E-state index contributed by atoms with van der Waals surface area (Å²) in [5, 5.41) is 2.51. The zero-order valence-electron chi connectivity index (χ0n) is 11.7. The number of primary amides is 1. The van der Waals surface area contributed by atoms with E-state index in [1.165, 1.54) is 0 Å². The maximum Gasteiger partial charge on any atom is 0.408 e. The third kappa shape index (κ3) is 6.08. The van der Waals surface area contributed by atoms with E-state index in [9.17, 15) is 9.59 Å². The number of hydrogen-bond donors (Lipinski definition) is 2. The number of alkyl carbamates (subject to hydrolysis) is 1. The van der Waals surface area contributed by atoms with Gasteiger partial charge in [0.2, 0.25) is 5.91 Å². The summed E-state index contributed by atoms with van der Waals surface area (Å²) in [4.78, 5) is 23.0. The molecule has 0 aromatic heterocycles. The number of ether oxygens (including phenoxy) is 1. The van der Waals surface area contributed by atoms with E-state index in [-0.39, 0.29) is 0 Å². The highest BCUT2D eigenvalue weighted by atomic mass is 16.6. The van der Waals surface area contributed by atoms with E-state index in [1.54, 1.807) is 20.8 Å². The highest BCUT2D eigenvalue weighted by molar-refractivity contribution is 5.84. The monoisotopic (exact) mass is 266 g/mol. The molecule has 106 valence electrons. The molecule has 0 spiro atoms. The third-order valence-corrected chi connectivity index (χ3v) is 2.55. The molecule has 1 aliphatic rings. The van der Waals surface area contributed by atoms with Crippen LogP contribution in [0.1, 0.15) is 40.0 Å². The topological polar surface area (TPSA) is 81.4 Å². The van der Waals surface area contributed by atoms with Crippen LogP contribution in [-0.4, -0.2) is 23.6 Å². The number of allylic oxidation sites excluding steroid dienone is 3. The Morgan fingerprint density at radius 3 is 2.58 bits per heavy atom. The van der Waals surface area contributed by atoms with Gasteiger partial charge in [-0.05, 0) is 39.2 Å². The van der Waals surface area contributed by atoms with E-state index in [2.05, 4.69) is 5.32 Å². The Kier molecular flexibility index (Phi) is 5.15. The number of carbonyl (C=O) groups is 2. The summed E-state index contributed by atoms with van der Waals surface area (Å²) in [5.74, 6) is -0.564. The van der Waals surface area contributed by atoms with Crippen molar-refractivity contribution >= 4 is 12.0 Å². The van der Waals surface area contributed by atoms with Crippen LogP contribution in [0, 0.1) is 0 Å². The first-order chi connectivity index (χ1) is 8.78. The lowest BCUT2D eigenvalue weighted by atomic mass is 10.00. The van der Waals surface area contributed by atoms with Gasteiger partial charge in [0.05, 0.1) is 0 Å². The summed E-state index contributed by atoms with van der Waals surface area (Å²) in [5.41, 5.74) is 5.71. The summed E-state index contributed by atoms with van der Waals surface area (Å²) < 4.78 is 5.11. The minimum Gasteiger partial charge on any atom is -0.444 e. The van der Waals surface area contributed by atoms with Crippen LogP contribution in [0.25, 0.3) is 0 Å². The summed E-state index contributed by atoms with van der Waals surface area (Å²) >= 11 is 0. The molecule has 0 aromatic carbocycles. The minimum absolute atomic E-state index is 0.394. The predicted molar refractivity (Wildman–Crippen MR) is 73.4 cm³/mol. The molecule has 1 aliphatic carbocycles. The fourth-order valence-corrected chi connectivity index (χ4v) is 1.73. The van der Waals surface area contributed by atoms with E-state index in [4.69, 9.17) is 10.5 Å². The van der Waals surface area contributed by atoms with Crippen LogP contribution in [0.2, 0.25) is 0 Å². The second kappa shape index (κ2) is 6.41. The van der Waals surface area contributed by atoms with Gasteiger partial charge in [-0.25, -0.2) is 4.79 Å². The number of nitrogens with one attached hydrogen (secondary N) is 1. The molecule has 1 atom stereocenters. The molecular formula is C14H22N2O3. The van der Waals surface area contributed by atoms with Gasteiger partial charge in [-0.3, -0.25) is 4.79 Å². The number of hydrogen-bond acceptors (Lipinski definition) is 3.